The summed E-state index contributed by atoms with van der Waals surface area (Å²) >= 11 is 5.77. The lowest BCUT2D eigenvalue weighted by molar-refractivity contribution is -0.116. The molecular formula is C26H29ClFN5O4. The molecule has 2 atom stereocenters. The Bertz CT molecular complexity index is 1260. The van der Waals surface area contributed by atoms with E-state index in [0.717, 1.165) is 43.0 Å². The fourth-order valence-electron chi connectivity index (χ4n) is 4.09. The molecule has 3 aromatic rings. The molecule has 0 radical (unpaired) electrons. The van der Waals surface area contributed by atoms with Gasteiger partial charge in [-0.15, -0.1) is 0 Å². The van der Waals surface area contributed by atoms with E-state index in [2.05, 4.69) is 25.5 Å². The highest BCUT2D eigenvalue weighted by molar-refractivity contribution is 6.31. The average molecular weight is 530 g/mol. The van der Waals surface area contributed by atoms with Gasteiger partial charge in [0.25, 0.3) is 0 Å². The standard InChI is InChI=1S/C15H11ClFN3O.C11H18N2O3/c1-21-10-3-4-11-14(7-10)18-8-19-15(11)20-9-2-5-13(17)12(16)6-9;1-12-11(14)3-2-4-13-5-6-16-10-8-15-7-9(10)13/h2-8H,1H3,(H,18,19,20);2-3,9-10H,4-8H2,1H3,(H,12,14)/b;3-2+. The Kier molecular flexibility index (Phi) is 9.24. The number of carbonyl (C=O) groups is 1. The van der Waals surface area contributed by atoms with E-state index >= 15 is 0 Å². The van der Waals surface area contributed by atoms with Gasteiger partial charge in [0.2, 0.25) is 5.91 Å². The highest BCUT2D eigenvalue weighted by Gasteiger charge is 2.36. The smallest absolute Gasteiger partial charge is 0.243 e. The quantitative estimate of drug-likeness (QED) is 0.468. The molecule has 0 aliphatic carbocycles. The molecule has 1 amide bonds. The molecule has 1 aromatic heterocycles. The van der Waals surface area contributed by atoms with Gasteiger partial charge in [-0.25, -0.2) is 14.4 Å². The predicted molar refractivity (Wildman–Crippen MR) is 140 cm³/mol. The number of anilines is 2. The van der Waals surface area contributed by atoms with Gasteiger partial charge in [0.15, 0.2) is 0 Å². The number of rotatable bonds is 6. The van der Waals surface area contributed by atoms with Gasteiger partial charge in [-0.2, -0.15) is 0 Å². The SMILES string of the molecule is CNC(=O)/C=C/CN1CCOC2COCC21.COc1ccc2c(Nc3ccc(F)c(Cl)c3)ncnc2c1. The van der Waals surface area contributed by atoms with Crippen LogP contribution >= 0.6 is 11.6 Å². The van der Waals surface area contributed by atoms with Crippen molar-refractivity contribution in [3.8, 4) is 5.75 Å². The lowest BCUT2D eigenvalue weighted by Gasteiger charge is -2.35. The minimum atomic E-state index is -0.459. The molecule has 3 heterocycles. The summed E-state index contributed by atoms with van der Waals surface area (Å²) in [5.74, 6) is 0.814. The minimum Gasteiger partial charge on any atom is -0.497 e. The number of aromatic nitrogens is 2. The summed E-state index contributed by atoms with van der Waals surface area (Å²) in [6.07, 6.45) is 5.12. The molecule has 0 bridgehead atoms. The van der Waals surface area contributed by atoms with Crippen molar-refractivity contribution in [2.75, 3.05) is 52.4 Å². The van der Waals surface area contributed by atoms with Gasteiger partial charge in [0.05, 0.1) is 49.6 Å². The van der Waals surface area contributed by atoms with Crippen molar-refractivity contribution >= 4 is 39.9 Å². The topological polar surface area (TPSA) is 97.8 Å². The lowest BCUT2D eigenvalue weighted by Crippen LogP contribution is -2.50. The van der Waals surface area contributed by atoms with E-state index in [4.69, 9.17) is 25.8 Å². The van der Waals surface area contributed by atoms with Crippen molar-refractivity contribution in [2.24, 2.45) is 0 Å². The Balaban J connectivity index is 0.000000180. The highest BCUT2D eigenvalue weighted by Crippen LogP contribution is 2.27. The van der Waals surface area contributed by atoms with Crippen molar-refractivity contribution in [1.29, 1.82) is 0 Å². The molecule has 9 nitrogen and oxygen atoms in total. The molecule has 2 saturated heterocycles. The number of hydrogen-bond donors (Lipinski definition) is 2. The maximum Gasteiger partial charge on any atom is 0.243 e. The zero-order valence-electron chi connectivity index (χ0n) is 20.6. The van der Waals surface area contributed by atoms with Crippen LogP contribution in [0.15, 0.2) is 54.9 Å². The lowest BCUT2D eigenvalue weighted by atomic mass is 10.1. The zero-order chi connectivity index (χ0) is 26.2. The first-order valence-corrected chi connectivity index (χ1v) is 12.2. The molecule has 2 N–H and O–H groups in total. The largest absolute Gasteiger partial charge is 0.497 e. The molecular weight excluding hydrogens is 501 g/mol. The third kappa shape index (κ3) is 6.92. The summed E-state index contributed by atoms with van der Waals surface area (Å²) in [6, 6.07) is 10.3. The van der Waals surface area contributed by atoms with Crippen LogP contribution in [0, 0.1) is 5.82 Å². The third-order valence-electron chi connectivity index (χ3n) is 6.06. The van der Waals surface area contributed by atoms with E-state index in [1.807, 2.05) is 24.3 Å². The van der Waals surface area contributed by atoms with E-state index in [-0.39, 0.29) is 17.0 Å². The molecule has 2 unspecified atom stereocenters. The summed E-state index contributed by atoms with van der Waals surface area (Å²) < 4.78 is 29.4. The van der Waals surface area contributed by atoms with Crippen LogP contribution in [0.2, 0.25) is 5.02 Å². The van der Waals surface area contributed by atoms with E-state index < -0.39 is 5.82 Å². The Hall–Kier alpha value is -3.31. The number of nitrogens with one attached hydrogen (secondary N) is 2. The van der Waals surface area contributed by atoms with Crippen molar-refractivity contribution in [1.82, 2.24) is 20.2 Å². The first kappa shape index (κ1) is 26.7. The molecule has 2 aliphatic rings. The number of benzene rings is 2. The van der Waals surface area contributed by atoms with E-state index in [1.54, 1.807) is 26.3 Å². The van der Waals surface area contributed by atoms with Gasteiger partial charge < -0.3 is 24.8 Å². The normalized spacial score (nSPS) is 19.2. The molecule has 2 fully saturated rings. The third-order valence-corrected chi connectivity index (χ3v) is 6.35. The molecule has 0 spiro atoms. The van der Waals surface area contributed by atoms with Crippen LogP contribution in [0.25, 0.3) is 10.9 Å². The fourth-order valence-corrected chi connectivity index (χ4v) is 4.27. The van der Waals surface area contributed by atoms with Crippen LogP contribution in [0.1, 0.15) is 0 Å². The summed E-state index contributed by atoms with van der Waals surface area (Å²) in [6.45, 7) is 3.86. The van der Waals surface area contributed by atoms with Crippen LogP contribution < -0.4 is 15.4 Å². The fraction of sp³-hybridized carbons (Fsp3) is 0.346. The number of halogens is 2. The first-order chi connectivity index (χ1) is 18.0. The summed E-state index contributed by atoms with van der Waals surface area (Å²) in [5, 5.41) is 6.55. The number of carbonyl (C=O) groups excluding carboxylic acids is 1. The van der Waals surface area contributed by atoms with E-state index in [1.165, 1.54) is 18.5 Å². The second-order valence-electron chi connectivity index (χ2n) is 8.38. The monoisotopic (exact) mass is 529 g/mol. The van der Waals surface area contributed by atoms with Crippen molar-refractivity contribution in [2.45, 2.75) is 12.1 Å². The number of morpholine rings is 1. The van der Waals surface area contributed by atoms with Crippen LogP contribution in [0.5, 0.6) is 5.75 Å². The van der Waals surface area contributed by atoms with Crippen LogP contribution in [-0.4, -0.2) is 80.0 Å². The number of fused-ring (bicyclic) bond motifs is 2. The molecule has 5 rings (SSSR count). The van der Waals surface area contributed by atoms with Gasteiger partial charge in [0, 0.05) is 43.4 Å². The number of ether oxygens (including phenoxy) is 3. The molecule has 37 heavy (non-hydrogen) atoms. The maximum atomic E-state index is 13.2. The summed E-state index contributed by atoms with van der Waals surface area (Å²) in [7, 11) is 3.23. The number of amides is 1. The van der Waals surface area contributed by atoms with Crippen LogP contribution in [0.4, 0.5) is 15.9 Å². The van der Waals surface area contributed by atoms with Crippen LogP contribution in [0.3, 0.4) is 0 Å². The number of likely N-dealkylation sites (N-methyl/N-ethyl adjacent to an activating group) is 1. The molecule has 0 saturated carbocycles. The number of nitrogens with zero attached hydrogens (tertiary/aromatic N) is 3. The van der Waals surface area contributed by atoms with Gasteiger partial charge >= 0.3 is 0 Å². The summed E-state index contributed by atoms with van der Waals surface area (Å²) in [4.78, 5) is 21.7. The highest BCUT2D eigenvalue weighted by atomic mass is 35.5. The minimum absolute atomic E-state index is 0.0556. The van der Waals surface area contributed by atoms with Crippen molar-refractivity contribution in [3.63, 3.8) is 0 Å². The molecule has 2 aromatic carbocycles. The molecule has 11 heteroatoms. The van der Waals surface area contributed by atoms with Crippen molar-refractivity contribution < 1.29 is 23.4 Å². The Labute approximate surface area is 219 Å². The van der Waals surface area contributed by atoms with Gasteiger partial charge in [-0.3, -0.25) is 9.69 Å². The second-order valence-corrected chi connectivity index (χ2v) is 8.79. The van der Waals surface area contributed by atoms with Gasteiger partial charge in [-0.05, 0) is 30.3 Å². The average Bonchev–Trinajstić information content (AvgIpc) is 3.41. The van der Waals surface area contributed by atoms with Crippen molar-refractivity contribution in [3.05, 3.63) is 65.7 Å². The zero-order valence-corrected chi connectivity index (χ0v) is 21.4. The van der Waals surface area contributed by atoms with Crippen LogP contribution in [-0.2, 0) is 14.3 Å². The molecule has 2 aliphatic heterocycles. The van der Waals surface area contributed by atoms with Gasteiger partial charge in [0.1, 0.15) is 23.7 Å². The summed E-state index contributed by atoms with van der Waals surface area (Å²) in [5.41, 5.74) is 1.40. The van der Waals surface area contributed by atoms with E-state index in [0.29, 0.717) is 24.2 Å². The van der Waals surface area contributed by atoms with E-state index in [9.17, 15) is 9.18 Å². The number of hydrogen-bond acceptors (Lipinski definition) is 8. The molecule has 196 valence electrons. The Morgan fingerprint density at radius 1 is 1.27 bits per heavy atom. The maximum absolute atomic E-state index is 13.2. The Morgan fingerprint density at radius 3 is 2.92 bits per heavy atom. The predicted octanol–water partition coefficient (Wildman–Crippen LogP) is 3.56. The first-order valence-electron chi connectivity index (χ1n) is 11.8. The van der Waals surface area contributed by atoms with Gasteiger partial charge in [-0.1, -0.05) is 17.7 Å². The Morgan fingerprint density at radius 2 is 2.14 bits per heavy atom. The second kappa shape index (κ2) is 12.8. The number of methoxy groups -OCH3 is 1.